The van der Waals surface area contributed by atoms with Crippen LogP contribution in [0.2, 0.25) is 0 Å². The summed E-state index contributed by atoms with van der Waals surface area (Å²) in [6.07, 6.45) is 2.68. The number of alkyl halides is 1. The van der Waals surface area contributed by atoms with Gasteiger partial charge in [0, 0.05) is 29.9 Å². The van der Waals surface area contributed by atoms with Crippen molar-refractivity contribution in [2.24, 2.45) is 11.7 Å². The van der Waals surface area contributed by atoms with Crippen LogP contribution in [0.1, 0.15) is 35.3 Å². The Hall–Kier alpha value is -3.12. The van der Waals surface area contributed by atoms with E-state index in [4.69, 9.17) is 5.73 Å². The second-order valence-corrected chi connectivity index (χ2v) is 8.81. The van der Waals surface area contributed by atoms with Gasteiger partial charge in [-0.3, -0.25) is 4.79 Å². The Morgan fingerprint density at radius 1 is 1.23 bits per heavy atom. The van der Waals surface area contributed by atoms with Gasteiger partial charge in [0.15, 0.2) is 0 Å². The average Bonchev–Trinajstić information content (AvgIpc) is 2.99. The molecule has 0 unspecified atom stereocenters. The van der Waals surface area contributed by atoms with Crippen molar-refractivity contribution in [1.29, 1.82) is 5.26 Å². The van der Waals surface area contributed by atoms with Gasteiger partial charge in [-0.25, -0.2) is 18.2 Å². The molecule has 9 heteroatoms. The standard InChI is InChI=1S/C22H20F3N5O/c23-13-1-12(2-14(24)3-13)19-18(7-26)28-8-15(20(19)30-9-16(25)17(27)10-30)21(31)29-22-4-11(5-22)6-22/h1-3,8,11,16-17H,4-6,9-10,27H2,(H,29,31)/t11?,16-,17-,22?/m0/s1. The molecule has 1 aromatic carbocycles. The maximum absolute atomic E-state index is 14.3. The van der Waals surface area contributed by atoms with E-state index in [2.05, 4.69) is 10.3 Å². The summed E-state index contributed by atoms with van der Waals surface area (Å²) < 4.78 is 42.3. The van der Waals surface area contributed by atoms with Gasteiger partial charge in [-0.2, -0.15) is 5.26 Å². The van der Waals surface area contributed by atoms with E-state index in [1.165, 1.54) is 6.20 Å². The van der Waals surface area contributed by atoms with Crippen molar-refractivity contribution in [3.63, 3.8) is 0 Å². The van der Waals surface area contributed by atoms with Crippen LogP contribution in [0.15, 0.2) is 24.4 Å². The second kappa shape index (κ2) is 6.95. The molecular formula is C22H20F3N5O. The highest BCUT2D eigenvalue weighted by Gasteiger charge is 2.57. The van der Waals surface area contributed by atoms with Gasteiger partial charge in [-0.1, -0.05) is 0 Å². The number of benzene rings is 1. The number of halogens is 3. The molecule has 1 amide bonds. The van der Waals surface area contributed by atoms with E-state index in [0.29, 0.717) is 12.0 Å². The summed E-state index contributed by atoms with van der Waals surface area (Å²) >= 11 is 0. The largest absolute Gasteiger partial charge is 0.366 e. The third-order valence-electron chi connectivity index (χ3n) is 6.58. The fourth-order valence-corrected chi connectivity index (χ4v) is 4.96. The minimum Gasteiger partial charge on any atom is -0.366 e. The second-order valence-electron chi connectivity index (χ2n) is 8.81. The van der Waals surface area contributed by atoms with Crippen molar-refractivity contribution in [1.82, 2.24) is 10.3 Å². The molecule has 2 atom stereocenters. The van der Waals surface area contributed by atoms with Crippen molar-refractivity contribution in [3.8, 4) is 17.2 Å². The first-order valence-corrected chi connectivity index (χ1v) is 10.2. The number of nitrogens with zero attached hydrogens (tertiary/aromatic N) is 3. The number of pyridine rings is 1. The Bertz CT molecular complexity index is 1080. The lowest BCUT2D eigenvalue weighted by Gasteiger charge is -2.61. The molecule has 2 bridgehead atoms. The fourth-order valence-electron chi connectivity index (χ4n) is 4.96. The van der Waals surface area contributed by atoms with Crippen LogP contribution in [-0.4, -0.2) is 41.7 Å². The predicted octanol–water partition coefficient (Wildman–Crippen LogP) is 2.67. The van der Waals surface area contributed by atoms with E-state index in [0.717, 1.165) is 31.4 Å². The number of hydrogen-bond acceptors (Lipinski definition) is 5. The number of carbonyl (C=O) groups excluding carboxylic acids is 1. The van der Waals surface area contributed by atoms with Crippen molar-refractivity contribution < 1.29 is 18.0 Å². The molecule has 6 rings (SSSR count). The zero-order valence-corrected chi connectivity index (χ0v) is 16.5. The smallest absolute Gasteiger partial charge is 0.255 e. The molecule has 3 saturated carbocycles. The molecule has 0 radical (unpaired) electrons. The molecular weight excluding hydrogens is 407 g/mol. The summed E-state index contributed by atoms with van der Waals surface area (Å²) in [4.78, 5) is 18.9. The Morgan fingerprint density at radius 2 is 1.90 bits per heavy atom. The van der Waals surface area contributed by atoms with Crippen molar-refractivity contribution in [2.75, 3.05) is 18.0 Å². The van der Waals surface area contributed by atoms with Gasteiger partial charge in [0.1, 0.15) is 29.6 Å². The van der Waals surface area contributed by atoms with E-state index in [1.807, 2.05) is 6.07 Å². The molecule has 160 valence electrons. The van der Waals surface area contributed by atoms with E-state index >= 15 is 0 Å². The first-order chi connectivity index (χ1) is 14.8. The van der Waals surface area contributed by atoms with E-state index < -0.39 is 29.8 Å². The number of carbonyl (C=O) groups is 1. The third-order valence-corrected chi connectivity index (χ3v) is 6.58. The van der Waals surface area contributed by atoms with Crippen LogP contribution in [0.25, 0.3) is 11.1 Å². The number of nitriles is 1. The normalized spacial score (nSPS) is 28.5. The number of rotatable bonds is 4. The first kappa shape index (κ1) is 19.8. The highest BCUT2D eigenvalue weighted by atomic mass is 19.1. The molecule has 1 saturated heterocycles. The molecule has 6 nitrogen and oxygen atoms in total. The maximum Gasteiger partial charge on any atom is 0.255 e. The number of hydrogen-bond donors (Lipinski definition) is 2. The molecule has 4 aliphatic rings. The minimum absolute atomic E-state index is 0.0487. The van der Waals surface area contributed by atoms with Gasteiger partial charge >= 0.3 is 0 Å². The van der Waals surface area contributed by atoms with Crippen molar-refractivity contribution in [2.45, 2.75) is 37.0 Å². The summed E-state index contributed by atoms with van der Waals surface area (Å²) in [6.45, 7) is -0.0112. The third kappa shape index (κ3) is 3.22. The Kier molecular flexibility index (Phi) is 4.45. The van der Waals surface area contributed by atoms with Crippen molar-refractivity contribution in [3.05, 3.63) is 47.3 Å². The monoisotopic (exact) mass is 427 g/mol. The molecule has 4 fully saturated rings. The number of nitrogens with two attached hydrogens (primary N) is 1. The van der Waals surface area contributed by atoms with Crippen LogP contribution in [-0.2, 0) is 0 Å². The Labute approximate surface area is 176 Å². The molecule has 3 N–H and O–H groups in total. The lowest BCUT2D eigenvalue weighted by molar-refractivity contribution is -0.0438. The quantitative estimate of drug-likeness (QED) is 0.782. The lowest BCUT2D eigenvalue weighted by Crippen LogP contribution is -2.68. The summed E-state index contributed by atoms with van der Waals surface area (Å²) in [5.41, 5.74) is 6.01. The van der Waals surface area contributed by atoms with Crippen LogP contribution in [0.4, 0.5) is 18.9 Å². The minimum atomic E-state index is -1.34. The zero-order chi connectivity index (χ0) is 21.9. The van der Waals surface area contributed by atoms with E-state index in [9.17, 15) is 23.2 Å². The van der Waals surface area contributed by atoms with Crippen LogP contribution in [0, 0.1) is 28.9 Å². The molecule has 1 aromatic heterocycles. The summed E-state index contributed by atoms with van der Waals surface area (Å²) in [5, 5.41) is 12.7. The van der Waals surface area contributed by atoms with Gasteiger partial charge in [-0.05, 0) is 42.9 Å². The van der Waals surface area contributed by atoms with E-state index in [1.54, 1.807) is 4.90 Å². The highest BCUT2D eigenvalue weighted by Crippen LogP contribution is 2.57. The number of anilines is 1. The van der Waals surface area contributed by atoms with Gasteiger partial charge < -0.3 is 16.0 Å². The number of amides is 1. The summed E-state index contributed by atoms with van der Waals surface area (Å²) in [5.74, 6) is -1.43. The van der Waals surface area contributed by atoms with Crippen LogP contribution in [0.5, 0.6) is 0 Å². The molecule has 2 aromatic rings. The van der Waals surface area contributed by atoms with Gasteiger partial charge in [-0.15, -0.1) is 0 Å². The Balaban J connectivity index is 1.67. The molecule has 31 heavy (non-hydrogen) atoms. The van der Waals surface area contributed by atoms with Crippen LogP contribution in [0.3, 0.4) is 0 Å². The lowest BCUT2D eigenvalue weighted by atomic mass is 9.50. The average molecular weight is 427 g/mol. The summed E-state index contributed by atoms with van der Waals surface area (Å²) in [7, 11) is 0. The first-order valence-electron chi connectivity index (χ1n) is 10.2. The van der Waals surface area contributed by atoms with E-state index in [-0.39, 0.29) is 46.7 Å². The fraction of sp³-hybridized carbons (Fsp3) is 0.409. The van der Waals surface area contributed by atoms with Crippen LogP contribution < -0.4 is 16.0 Å². The molecule has 3 aliphatic carbocycles. The highest BCUT2D eigenvalue weighted by molar-refractivity contribution is 6.04. The van der Waals surface area contributed by atoms with Gasteiger partial charge in [0.25, 0.3) is 5.91 Å². The summed E-state index contributed by atoms with van der Waals surface area (Å²) in [6, 6.07) is 3.98. The number of aromatic nitrogens is 1. The predicted molar refractivity (Wildman–Crippen MR) is 107 cm³/mol. The SMILES string of the molecule is N#Cc1ncc(C(=O)NC23CC(C2)C3)c(N2C[C@H](N)[C@@H](F)C2)c1-c1cc(F)cc(F)c1. The molecule has 0 spiro atoms. The van der Waals surface area contributed by atoms with Gasteiger partial charge in [0.2, 0.25) is 0 Å². The number of nitrogens with one attached hydrogen (secondary N) is 1. The topological polar surface area (TPSA) is 95.0 Å². The van der Waals surface area contributed by atoms with Crippen LogP contribution >= 0.6 is 0 Å². The van der Waals surface area contributed by atoms with Gasteiger partial charge in [0.05, 0.1) is 23.8 Å². The van der Waals surface area contributed by atoms with Crippen molar-refractivity contribution >= 4 is 11.6 Å². The maximum atomic E-state index is 14.3. The molecule has 1 aliphatic heterocycles. The molecule has 2 heterocycles. The Morgan fingerprint density at radius 3 is 2.42 bits per heavy atom. The zero-order valence-electron chi connectivity index (χ0n) is 16.5.